The fourth-order valence-corrected chi connectivity index (χ4v) is 4.83. The van der Waals surface area contributed by atoms with Gasteiger partial charge in [0.2, 0.25) is 0 Å². The summed E-state index contributed by atoms with van der Waals surface area (Å²) < 4.78 is 38.6. The molecule has 0 radical (unpaired) electrons. The SMILES string of the molecule is COc1ccccc1C(=O)N1CCC(CCCS(=O)(=O)[O-])(c2ccc(Cl)c(Cl)c2)C1. The number of hydrogen-bond donors (Lipinski definition) is 0. The first-order chi connectivity index (χ1) is 14.1. The molecule has 1 atom stereocenters. The molecule has 1 aliphatic rings. The lowest BCUT2D eigenvalue weighted by Gasteiger charge is -2.31. The molecule has 0 saturated carbocycles. The first-order valence-electron chi connectivity index (χ1n) is 9.47. The van der Waals surface area contributed by atoms with Crippen molar-refractivity contribution >= 4 is 39.2 Å². The summed E-state index contributed by atoms with van der Waals surface area (Å²) in [7, 11) is -2.80. The zero-order valence-electron chi connectivity index (χ0n) is 16.4. The third-order valence-electron chi connectivity index (χ3n) is 5.56. The maximum Gasteiger partial charge on any atom is 0.257 e. The summed E-state index contributed by atoms with van der Waals surface area (Å²) in [4.78, 5) is 14.9. The lowest BCUT2D eigenvalue weighted by Crippen LogP contribution is -2.35. The number of carbonyl (C=O) groups is 1. The summed E-state index contributed by atoms with van der Waals surface area (Å²) in [6, 6.07) is 12.3. The number of hydrogen-bond acceptors (Lipinski definition) is 5. The topological polar surface area (TPSA) is 86.7 Å². The number of halogens is 2. The van der Waals surface area contributed by atoms with Gasteiger partial charge in [-0.3, -0.25) is 4.79 Å². The summed E-state index contributed by atoms with van der Waals surface area (Å²) >= 11 is 12.3. The summed E-state index contributed by atoms with van der Waals surface area (Å²) in [6.07, 6.45) is 1.25. The van der Waals surface area contributed by atoms with Crippen LogP contribution in [0, 0.1) is 0 Å². The molecule has 0 aliphatic carbocycles. The van der Waals surface area contributed by atoms with E-state index in [-0.39, 0.29) is 12.3 Å². The van der Waals surface area contributed by atoms with Gasteiger partial charge in [-0.2, -0.15) is 0 Å². The molecular weight excluding hydrogens is 449 g/mol. The Bertz CT molecular complexity index is 1040. The van der Waals surface area contributed by atoms with E-state index in [1.165, 1.54) is 7.11 Å². The van der Waals surface area contributed by atoms with Crippen molar-refractivity contribution in [2.24, 2.45) is 0 Å². The van der Waals surface area contributed by atoms with Crippen LogP contribution >= 0.6 is 23.2 Å². The van der Waals surface area contributed by atoms with Crippen LogP contribution in [0.1, 0.15) is 35.2 Å². The monoisotopic (exact) mass is 470 g/mol. The molecule has 0 N–H and O–H groups in total. The van der Waals surface area contributed by atoms with Gasteiger partial charge in [0.1, 0.15) is 5.75 Å². The normalized spacial score (nSPS) is 19.1. The van der Waals surface area contributed by atoms with Crippen molar-refractivity contribution in [3.8, 4) is 5.75 Å². The minimum Gasteiger partial charge on any atom is -0.748 e. The molecule has 1 aliphatic heterocycles. The number of amides is 1. The van der Waals surface area contributed by atoms with Gasteiger partial charge < -0.3 is 14.2 Å². The van der Waals surface area contributed by atoms with Crippen LogP contribution in [0.3, 0.4) is 0 Å². The Hall–Kier alpha value is -1.80. The number of methoxy groups -OCH3 is 1. The predicted molar refractivity (Wildman–Crippen MR) is 115 cm³/mol. The van der Waals surface area contributed by atoms with Crippen LogP contribution in [0.2, 0.25) is 10.0 Å². The molecule has 9 heteroatoms. The van der Waals surface area contributed by atoms with Crippen molar-refractivity contribution in [3.05, 3.63) is 63.6 Å². The predicted octanol–water partition coefficient (Wildman–Crippen LogP) is 4.11. The maximum absolute atomic E-state index is 13.2. The smallest absolute Gasteiger partial charge is 0.257 e. The third kappa shape index (κ3) is 5.09. The standard InChI is InChI=1S/C21H23Cl2NO5S/c1-29-19-6-3-2-5-16(19)20(25)24-11-10-21(14-24,9-4-12-30(26,27)28)15-7-8-17(22)18(23)13-15/h2-3,5-8,13H,4,9-12,14H2,1H3,(H,26,27,28)/p-1. The van der Waals surface area contributed by atoms with Crippen LogP contribution in [-0.4, -0.2) is 49.7 Å². The van der Waals surface area contributed by atoms with Gasteiger partial charge in [0.25, 0.3) is 5.91 Å². The van der Waals surface area contributed by atoms with Gasteiger partial charge in [0, 0.05) is 24.3 Å². The zero-order valence-corrected chi connectivity index (χ0v) is 18.8. The molecule has 1 saturated heterocycles. The Labute approximate surface area is 186 Å². The molecule has 1 fully saturated rings. The Balaban J connectivity index is 1.89. The lowest BCUT2D eigenvalue weighted by molar-refractivity contribution is 0.0779. The number of ether oxygens (including phenoxy) is 1. The highest BCUT2D eigenvalue weighted by Gasteiger charge is 2.41. The Morgan fingerprint density at radius 1 is 1.20 bits per heavy atom. The van der Waals surface area contributed by atoms with E-state index in [1.54, 1.807) is 41.3 Å². The van der Waals surface area contributed by atoms with Crippen molar-refractivity contribution in [3.63, 3.8) is 0 Å². The van der Waals surface area contributed by atoms with Crippen LogP contribution in [0.25, 0.3) is 0 Å². The van der Waals surface area contributed by atoms with Gasteiger partial charge in [-0.1, -0.05) is 41.4 Å². The van der Waals surface area contributed by atoms with E-state index in [4.69, 9.17) is 27.9 Å². The first kappa shape index (κ1) is 22.9. The molecule has 3 rings (SSSR count). The van der Waals surface area contributed by atoms with E-state index < -0.39 is 21.3 Å². The van der Waals surface area contributed by atoms with Crippen molar-refractivity contribution in [2.45, 2.75) is 24.7 Å². The van der Waals surface area contributed by atoms with Gasteiger partial charge in [-0.15, -0.1) is 0 Å². The minimum atomic E-state index is -4.32. The lowest BCUT2D eigenvalue weighted by atomic mass is 9.76. The molecule has 2 aromatic carbocycles. The van der Waals surface area contributed by atoms with Gasteiger partial charge >= 0.3 is 0 Å². The van der Waals surface area contributed by atoms with Crippen LogP contribution in [0.5, 0.6) is 5.75 Å². The molecule has 1 amide bonds. The number of carbonyl (C=O) groups excluding carboxylic acids is 1. The fraction of sp³-hybridized carbons (Fsp3) is 0.381. The molecular formula is C21H22Cl2NO5S-. The largest absolute Gasteiger partial charge is 0.748 e. The fourth-order valence-electron chi connectivity index (χ4n) is 4.03. The van der Waals surface area contributed by atoms with Gasteiger partial charge in [-0.25, -0.2) is 8.42 Å². The highest BCUT2D eigenvalue weighted by molar-refractivity contribution is 7.85. The minimum absolute atomic E-state index is 0.161. The van der Waals surface area contributed by atoms with Gasteiger partial charge in [0.15, 0.2) is 0 Å². The van der Waals surface area contributed by atoms with E-state index in [1.807, 2.05) is 6.07 Å². The van der Waals surface area contributed by atoms with Crippen LogP contribution in [0.15, 0.2) is 42.5 Å². The van der Waals surface area contributed by atoms with Crippen molar-refractivity contribution < 1.29 is 22.5 Å². The van der Waals surface area contributed by atoms with Crippen molar-refractivity contribution in [2.75, 3.05) is 26.0 Å². The first-order valence-corrected chi connectivity index (χ1v) is 11.8. The summed E-state index contributed by atoms with van der Waals surface area (Å²) in [6.45, 7) is 0.863. The Morgan fingerprint density at radius 3 is 2.60 bits per heavy atom. The van der Waals surface area contributed by atoms with Crippen molar-refractivity contribution in [1.82, 2.24) is 4.90 Å². The average Bonchev–Trinajstić information content (AvgIpc) is 3.14. The van der Waals surface area contributed by atoms with Crippen LogP contribution in [0.4, 0.5) is 0 Å². The zero-order chi connectivity index (χ0) is 21.9. The van der Waals surface area contributed by atoms with Gasteiger partial charge in [0.05, 0.1) is 32.8 Å². The van der Waals surface area contributed by atoms with E-state index in [0.29, 0.717) is 47.3 Å². The van der Waals surface area contributed by atoms with E-state index in [0.717, 1.165) is 5.56 Å². The maximum atomic E-state index is 13.2. The van der Waals surface area contributed by atoms with E-state index in [9.17, 15) is 17.8 Å². The molecule has 0 aromatic heterocycles. The highest BCUT2D eigenvalue weighted by atomic mass is 35.5. The highest BCUT2D eigenvalue weighted by Crippen LogP contribution is 2.41. The molecule has 0 spiro atoms. The number of likely N-dealkylation sites (tertiary alicyclic amines) is 1. The third-order valence-corrected chi connectivity index (χ3v) is 7.09. The number of benzene rings is 2. The molecule has 1 heterocycles. The molecule has 162 valence electrons. The van der Waals surface area contributed by atoms with Crippen LogP contribution in [-0.2, 0) is 15.5 Å². The Morgan fingerprint density at radius 2 is 1.93 bits per heavy atom. The molecule has 0 bridgehead atoms. The van der Waals surface area contributed by atoms with E-state index in [2.05, 4.69) is 0 Å². The summed E-state index contributed by atoms with van der Waals surface area (Å²) in [5.41, 5.74) is 0.818. The van der Waals surface area contributed by atoms with Gasteiger partial charge in [-0.05, 0) is 49.1 Å². The van der Waals surface area contributed by atoms with Crippen LogP contribution < -0.4 is 4.74 Å². The second-order valence-corrected chi connectivity index (χ2v) is 9.79. The second-order valence-electron chi connectivity index (χ2n) is 7.45. The van der Waals surface area contributed by atoms with E-state index >= 15 is 0 Å². The molecule has 1 unspecified atom stereocenters. The molecule has 6 nitrogen and oxygen atoms in total. The summed E-state index contributed by atoms with van der Waals surface area (Å²) in [5.74, 6) is -0.117. The number of nitrogens with zero attached hydrogens (tertiary/aromatic N) is 1. The quantitative estimate of drug-likeness (QED) is 0.568. The average molecular weight is 471 g/mol. The molecule has 2 aromatic rings. The number of para-hydroxylation sites is 1. The molecule has 30 heavy (non-hydrogen) atoms. The number of rotatable bonds is 7. The Kier molecular flexibility index (Phi) is 6.97. The van der Waals surface area contributed by atoms with Crippen molar-refractivity contribution in [1.29, 1.82) is 0 Å². The second kappa shape index (κ2) is 9.14. The summed E-state index contributed by atoms with van der Waals surface area (Å²) in [5, 5.41) is 0.803.